The number of benzene rings is 2. The zero-order valence-corrected chi connectivity index (χ0v) is 18.6. The van der Waals surface area contributed by atoms with Crippen LogP contribution < -0.4 is 15.8 Å². The second-order valence-electron chi connectivity index (χ2n) is 8.30. The molecule has 3 rings (SSSR count). The Labute approximate surface area is 179 Å². The molecule has 2 aromatic carbocycles. The summed E-state index contributed by atoms with van der Waals surface area (Å²) in [7, 11) is 3.94. The van der Waals surface area contributed by atoms with Crippen LogP contribution in [0.15, 0.2) is 35.8 Å². The van der Waals surface area contributed by atoms with Crippen LogP contribution in [0.5, 0.6) is 0 Å². The normalized spacial score (nSPS) is 16.0. The number of hydrogen-bond acceptors (Lipinski definition) is 3. The predicted molar refractivity (Wildman–Crippen MR) is 128 cm³/mol. The van der Waals surface area contributed by atoms with Crippen LogP contribution in [0.4, 0.5) is 10.1 Å². The van der Waals surface area contributed by atoms with Gasteiger partial charge in [0.15, 0.2) is 0 Å². The van der Waals surface area contributed by atoms with Crippen molar-refractivity contribution in [2.24, 2.45) is 10.9 Å². The van der Waals surface area contributed by atoms with E-state index in [9.17, 15) is 0 Å². The Morgan fingerprint density at radius 2 is 1.93 bits per heavy atom. The molecule has 0 unspecified atom stereocenters. The molecule has 0 bridgehead atoms. The Hall–Kier alpha value is -2.72. The summed E-state index contributed by atoms with van der Waals surface area (Å²) in [6, 6.07) is 7.71. The Balaban J connectivity index is 2.08. The fourth-order valence-electron chi connectivity index (χ4n) is 4.01. The Morgan fingerprint density at radius 3 is 2.57 bits per heavy atom. The van der Waals surface area contributed by atoms with Gasteiger partial charge in [0.2, 0.25) is 0 Å². The van der Waals surface area contributed by atoms with Crippen molar-refractivity contribution >= 4 is 30.3 Å². The van der Waals surface area contributed by atoms with E-state index in [0.29, 0.717) is 22.7 Å². The summed E-state index contributed by atoms with van der Waals surface area (Å²) in [5.41, 5.74) is 4.58. The van der Waals surface area contributed by atoms with Crippen molar-refractivity contribution in [1.29, 1.82) is 0 Å². The summed E-state index contributed by atoms with van der Waals surface area (Å²) < 4.78 is 15.6. The van der Waals surface area contributed by atoms with E-state index in [2.05, 4.69) is 18.5 Å². The Bertz CT molecular complexity index is 1080. The lowest BCUT2D eigenvalue weighted by molar-refractivity contribution is 0.455. The van der Waals surface area contributed by atoms with Crippen molar-refractivity contribution in [3.05, 3.63) is 58.2 Å². The highest BCUT2D eigenvalue weighted by Crippen LogP contribution is 2.32. The molecule has 4 heteroatoms. The van der Waals surface area contributed by atoms with Crippen LogP contribution >= 0.6 is 0 Å². The average molecular weight is 406 g/mol. The molecule has 2 aromatic rings. The standard InChI is InChI=1S/C26H32FN3/c1-7-23-25(29-19(4)20-10-12-28-13-11-20)9-8-24(26(23)27)21-14-17(2)18(3)22(15-21)16-30(5)6/h7-9,14-16,20,28H,1,3,10-13H2,2,4-6H3/b22-16-,29-19?. The van der Waals surface area contributed by atoms with Crippen molar-refractivity contribution in [2.75, 3.05) is 27.2 Å². The van der Waals surface area contributed by atoms with Gasteiger partial charge in [-0.15, -0.1) is 0 Å². The minimum Gasteiger partial charge on any atom is -0.383 e. The highest BCUT2D eigenvalue weighted by atomic mass is 19.1. The summed E-state index contributed by atoms with van der Waals surface area (Å²) in [5, 5.41) is 5.31. The van der Waals surface area contributed by atoms with E-state index in [-0.39, 0.29) is 5.82 Å². The molecule has 0 radical (unpaired) electrons. The van der Waals surface area contributed by atoms with E-state index in [1.54, 1.807) is 6.08 Å². The molecule has 30 heavy (non-hydrogen) atoms. The van der Waals surface area contributed by atoms with Crippen LogP contribution in [0.1, 0.15) is 30.9 Å². The fourth-order valence-corrected chi connectivity index (χ4v) is 4.01. The van der Waals surface area contributed by atoms with E-state index in [1.165, 1.54) is 0 Å². The van der Waals surface area contributed by atoms with Gasteiger partial charge in [0.25, 0.3) is 0 Å². The quantitative estimate of drug-likeness (QED) is 0.754. The third kappa shape index (κ3) is 4.71. The number of aryl methyl sites for hydroxylation is 1. The van der Waals surface area contributed by atoms with Gasteiger partial charge in [-0.05, 0) is 85.5 Å². The van der Waals surface area contributed by atoms with Crippen LogP contribution in [0.2, 0.25) is 0 Å². The second kappa shape index (κ2) is 9.40. The minimum absolute atomic E-state index is 0.281. The van der Waals surface area contributed by atoms with Crippen molar-refractivity contribution in [1.82, 2.24) is 10.2 Å². The van der Waals surface area contributed by atoms with Gasteiger partial charge < -0.3 is 10.2 Å². The maximum atomic E-state index is 15.6. The third-order valence-corrected chi connectivity index (χ3v) is 5.80. The number of nitrogens with one attached hydrogen (secondary N) is 1. The number of rotatable bonds is 5. The first-order chi connectivity index (χ1) is 14.3. The molecule has 1 heterocycles. The number of nitrogens with zero attached hydrogens (tertiary/aromatic N) is 2. The van der Waals surface area contributed by atoms with Gasteiger partial charge in [-0.1, -0.05) is 25.3 Å². The van der Waals surface area contributed by atoms with Crippen LogP contribution in [-0.2, 0) is 0 Å². The molecule has 0 aliphatic carbocycles. The van der Waals surface area contributed by atoms with Crippen molar-refractivity contribution in [2.45, 2.75) is 26.7 Å². The summed E-state index contributed by atoms with van der Waals surface area (Å²) in [6.45, 7) is 14.1. The summed E-state index contributed by atoms with van der Waals surface area (Å²) in [4.78, 5) is 6.76. The van der Waals surface area contributed by atoms with E-state index in [1.807, 2.05) is 63.3 Å². The van der Waals surface area contributed by atoms with Crippen LogP contribution in [0.3, 0.4) is 0 Å². The maximum Gasteiger partial charge on any atom is 0.140 e. The van der Waals surface area contributed by atoms with Crippen LogP contribution in [0, 0.1) is 18.7 Å². The zero-order chi connectivity index (χ0) is 21.8. The molecule has 1 fully saturated rings. The number of aliphatic imine (C=N–C) groups is 1. The van der Waals surface area contributed by atoms with Gasteiger partial charge in [0.1, 0.15) is 5.82 Å². The zero-order valence-electron chi connectivity index (χ0n) is 18.6. The molecule has 0 atom stereocenters. The van der Waals surface area contributed by atoms with Crippen molar-refractivity contribution < 1.29 is 4.39 Å². The molecule has 1 aliphatic heterocycles. The SMILES string of the molecule is C=Cc1c(N=C(C)C2CCNCC2)ccc(-c2cc(C)c(=C)/c(=C\N(C)C)c2)c1F. The third-order valence-electron chi connectivity index (χ3n) is 5.80. The summed E-state index contributed by atoms with van der Waals surface area (Å²) in [5.74, 6) is 0.166. The molecule has 1 N–H and O–H groups in total. The molecule has 0 saturated carbocycles. The summed E-state index contributed by atoms with van der Waals surface area (Å²) >= 11 is 0. The lowest BCUT2D eigenvalue weighted by atomic mass is 9.93. The van der Waals surface area contributed by atoms with Crippen molar-refractivity contribution in [3.8, 4) is 11.1 Å². The van der Waals surface area contributed by atoms with Crippen molar-refractivity contribution in [3.63, 3.8) is 0 Å². The topological polar surface area (TPSA) is 27.6 Å². The van der Waals surface area contributed by atoms with Gasteiger partial charge >= 0.3 is 0 Å². The number of piperidine rings is 1. The van der Waals surface area contributed by atoms with Gasteiger partial charge in [0.05, 0.1) is 5.69 Å². The molecule has 0 amide bonds. The molecule has 0 aromatic heterocycles. The number of hydrogen-bond donors (Lipinski definition) is 1. The van der Waals surface area contributed by atoms with E-state index in [4.69, 9.17) is 4.99 Å². The van der Waals surface area contributed by atoms with E-state index >= 15 is 4.39 Å². The van der Waals surface area contributed by atoms with Gasteiger partial charge in [-0.25, -0.2) is 4.39 Å². The first kappa shape index (κ1) is 22.0. The van der Waals surface area contributed by atoms with Crippen LogP contribution in [0.25, 0.3) is 30.0 Å². The van der Waals surface area contributed by atoms with Gasteiger partial charge in [0, 0.05) is 37.1 Å². The Morgan fingerprint density at radius 1 is 1.23 bits per heavy atom. The second-order valence-corrected chi connectivity index (χ2v) is 8.30. The molecular weight excluding hydrogens is 373 g/mol. The molecule has 3 nitrogen and oxygen atoms in total. The smallest absolute Gasteiger partial charge is 0.140 e. The summed E-state index contributed by atoms with van der Waals surface area (Å²) in [6.07, 6.45) is 5.72. The fraction of sp³-hybridized carbons (Fsp3) is 0.346. The first-order valence-corrected chi connectivity index (χ1v) is 10.5. The molecule has 1 aliphatic rings. The Kier molecular flexibility index (Phi) is 6.88. The number of halogens is 1. The average Bonchev–Trinajstić information content (AvgIpc) is 2.72. The first-order valence-electron chi connectivity index (χ1n) is 10.5. The molecule has 1 saturated heterocycles. The van der Waals surface area contributed by atoms with Gasteiger partial charge in [-0.2, -0.15) is 0 Å². The van der Waals surface area contributed by atoms with Crippen LogP contribution in [-0.4, -0.2) is 37.8 Å². The monoisotopic (exact) mass is 405 g/mol. The predicted octanol–water partition coefficient (Wildman–Crippen LogP) is 4.25. The van der Waals surface area contributed by atoms with E-state index in [0.717, 1.165) is 53.2 Å². The minimum atomic E-state index is -0.281. The lowest BCUT2D eigenvalue weighted by Gasteiger charge is -2.22. The molecule has 158 valence electrons. The maximum absolute atomic E-state index is 15.6. The molecule has 0 spiro atoms. The lowest BCUT2D eigenvalue weighted by Crippen LogP contribution is -2.30. The van der Waals surface area contributed by atoms with Gasteiger partial charge in [-0.3, -0.25) is 4.99 Å². The van der Waals surface area contributed by atoms with E-state index < -0.39 is 0 Å². The highest BCUT2D eigenvalue weighted by molar-refractivity contribution is 5.88. The highest BCUT2D eigenvalue weighted by Gasteiger charge is 2.18. The molecular formula is C26H32FN3. The largest absolute Gasteiger partial charge is 0.383 e.